The number of hydrogen-bond donors (Lipinski definition) is 1. The van der Waals surface area contributed by atoms with Crippen molar-refractivity contribution < 1.29 is 23.7 Å². The van der Waals surface area contributed by atoms with E-state index >= 15 is 0 Å². The van der Waals surface area contributed by atoms with Crippen molar-refractivity contribution in [2.45, 2.75) is 18.6 Å². The van der Waals surface area contributed by atoms with E-state index in [0.29, 0.717) is 43.7 Å². The van der Waals surface area contributed by atoms with Gasteiger partial charge >= 0.3 is 6.09 Å². The van der Waals surface area contributed by atoms with Crippen LogP contribution in [0.15, 0.2) is 42.6 Å². The number of ether oxygens (including phenoxy) is 4. The second kappa shape index (κ2) is 9.10. The number of pyridine rings is 2. The lowest BCUT2D eigenvalue weighted by Gasteiger charge is -2.21. The standard InChI is InChI=1S/C25H27N5O5/c1-32-23-5-3-19-24(28-23)20(6-8-26-19)29-9-7-16(14-29)27-13-18-15-30(25(31)35-18)17-2-4-21-22(12-17)34-11-10-33-21/h2-6,8,12,16,18,27H,7,9-11,13-15H2,1H3/t16-,18+/m0/s1. The molecule has 5 heterocycles. The van der Waals surface area contributed by atoms with Gasteiger partial charge in [0, 0.05) is 44.0 Å². The van der Waals surface area contributed by atoms with Crippen LogP contribution in [0.1, 0.15) is 6.42 Å². The lowest BCUT2D eigenvalue weighted by Crippen LogP contribution is -2.39. The largest absolute Gasteiger partial charge is 0.486 e. The summed E-state index contributed by atoms with van der Waals surface area (Å²) in [5.74, 6) is 1.93. The van der Waals surface area contributed by atoms with E-state index in [-0.39, 0.29) is 18.2 Å². The molecule has 1 amide bonds. The number of nitrogens with zero attached hydrogens (tertiary/aromatic N) is 4. The molecule has 3 aliphatic rings. The van der Waals surface area contributed by atoms with Crippen molar-refractivity contribution in [3.05, 3.63) is 42.6 Å². The summed E-state index contributed by atoms with van der Waals surface area (Å²) in [6.07, 6.45) is 2.24. The Morgan fingerprint density at radius 2 is 2.00 bits per heavy atom. The Morgan fingerprint density at radius 3 is 2.89 bits per heavy atom. The summed E-state index contributed by atoms with van der Waals surface area (Å²) < 4.78 is 22.2. The number of hydrogen-bond acceptors (Lipinski definition) is 9. The smallest absolute Gasteiger partial charge is 0.414 e. The highest BCUT2D eigenvalue weighted by atomic mass is 16.6. The fraction of sp³-hybridized carbons (Fsp3) is 0.400. The van der Waals surface area contributed by atoms with E-state index < -0.39 is 0 Å². The van der Waals surface area contributed by atoms with Crippen LogP contribution in [-0.4, -0.2) is 74.7 Å². The average Bonchev–Trinajstić information content (AvgIpc) is 3.53. The van der Waals surface area contributed by atoms with Gasteiger partial charge in [0.2, 0.25) is 5.88 Å². The predicted octanol–water partition coefficient (Wildman–Crippen LogP) is 2.60. The lowest BCUT2D eigenvalue weighted by molar-refractivity contribution is 0.138. The molecule has 0 bridgehead atoms. The molecular weight excluding hydrogens is 450 g/mol. The van der Waals surface area contributed by atoms with Gasteiger partial charge in [0.25, 0.3) is 0 Å². The highest BCUT2D eigenvalue weighted by Crippen LogP contribution is 2.35. The first-order valence-electron chi connectivity index (χ1n) is 11.8. The average molecular weight is 478 g/mol. The molecule has 182 valence electrons. The molecule has 10 nitrogen and oxygen atoms in total. The summed E-state index contributed by atoms with van der Waals surface area (Å²) in [5.41, 5.74) is 3.49. The number of amides is 1. The zero-order valence-corrected chi connectivity index (χ0v) is 19.5. The van der Waals surface area contributed by atoms with Crippen LogP contribution in [-0.2, 0) is 4.74 Å². The molecule has 1 N–H and O–H groups in total. The molecule has 0 aliphatic carbocycles. The minimum absolute atomic E-state index is 0.225. The van der Waals surface area contributed by atoms with Gasteiger partial charge < -0.3 is 29.2 Å². The Labute approximate surface area is 202 Å². The molecule has 0 spiro atoms. The van der Waals surface area contributed by atoms with Crippen molar-refractivity contribution in [3.63, 3.8) is 0 Å². The minimum Gasteiger partial charge on any atom is -0.486 e. The molecule has 35 heavy (non-hydrogen) atoms. The zero-order valence-electron chi connectivity index (χ0n) is 19.5. The second-order valence-corrected chi connectivity index (χ2v) is 8.84. The third-order valence-electron chi connectivity index (χ3n) is 6.62. The van der Waals surface area contributed by atoms with Crippen molar-refractivity contribution in [3.8, 4) is 17.4 Å². The van der Waals surface area contributed by atoms with Crippen molar-refractivity contribution in [1.29, 1.82) is 0 Å². The van der Waals surface area contributed by atoms with E-state index in [2.05, 4.69) is 20.2 Å². The van der Waals surface area contributed by atoms with E-state index in [1.807, 2.05) is 42.6 Å². The van der Waals surface area contributed by atoms with Crippen LogP contribution in [0, 0.1) is 0 Å². The van der Waals surface area contributed by atoms with Crippen molar-refractivity contribution in [2.75, 3.05) is 56.3 Å². The number of carbonyl (C=O) groups excluding carboxylic acids is 1. The Balaban J connectivity index is 1.07. The molecule has 0 saturated carbocycles. The summed E-state index contributed by atoms with van der Waals surface area (Å²) in [7, 11) is 1.62. The molecular formula is C25H27N5O5. The highest BCUT2D eigenvalue weighted by Gasteiger charge is 2.34. The molecule has 2 fully saturated rings. The van der Waals surface area contributed by atoms with Gasteiger partial charge in [-0.3, -0.25) is 9.88 Å². The van der Waals surface area contributed by atoms with E-state index in [0.717, 1.165) is 41.9 Å². The van der Waals surface area contributed by atoms with Gasteiger partial charge in [-0.1, -0.05) is 0 Å². The highest BCUT2D eigenvalue weighted by molar-refractivity contribution is 5.90. The number of cyclic esters (lactones) is 1. The molecule has 0 radical (unpaired) electrons. The predicted molar refractivity (Wildman–Crippen MR) is 130 cm³/mol. The summed E-state index contributed by atoms with van der Waals surface area (Å²) >= 11 is 0. The number of nitrogens with one attached hydrogen (secondary N) is 1. The number of anilines is 2. The Morgan fingerprint density at radius 1 is 1.11 bits per heavy atom. The van der Waals surface area contributed by atoms with E-state index in [4.69, 9.17) is 18.9 Å². The molecule has 2 aromatic heterocycles. The summed E-state index contributed by atoms with van der Waals surface area (Å²) in [6, 6.07) is 11.6. The van der Waals surface area contributed by atoms with E-state index in [1.165, 1.54) is 0 Å². The maximum atomic E-state index is 12.5. The number of carbonyl (C=O) groups is 1. The van der Waals surface area contributed by atoms with Crippen LogP contribution < -0.4 is 29.3 Å². The zero-order chi connectivity index (χ0) is 23.8. The maximum absolute atomic E-state index is 12.5. The molecule has 2 saturated heterocycles. The molecule has 10 heteroatoms. The van der Waals surface area contributed by atoms with Gasteiger partial charge in [0.1, 0.15) is 24.8 Å². The van der Waals surface area contributed by atoms with Crippen LogP contribution in [0.2, 0.25) is 0 Å². The number of aromatic nitrogens is 2. The topological polar surface area (TPSA) is 98.3 Å². The van der Waals surface area contributed by atoms with E-state index in [1.54, 1.807) is 12.0 Å². The van der Waals surface area contributed by atoms with E-state index in [9.17, 15) is 4.79 Å². The van der Waals surface area contributed by atoms with Crippen LogP contribution in [0.25, 0.3) is 11.0 Å². The monoisotopic (exact) mass is 477 g/mol. The second-order valence-electron chi connectivity index (χ2n) is 8.84. The molecule has 3 aromatic rings. The fourth-order valence-corrected chi connectivity index (χ4v) is 4.84. The van der Waals surface area contributed by atoms with Gasteiger partial charge in [0.15, 0.2) is 11.5 Å². The molecule has 0 unspecified atom stereocenters. The molecule has 6 rings (SSSR count). The fourth-order valence-electron chi connectivity index (χ4n) is 4.84. The maximum Gasteiger partial charge on any atom is 0.414 e. The SMILES string of the molecule is COc1ccc2nccc(N3CC[C@H](NC[C@@H]4CN(c5ccc6c(c5)OCCO6)C(=O)O4)C3)c2n1. The number of fused-ring (bicyclic) bond motifs is 2. The van der Waals surface area contributed by atoms with Crippen LogP contribution in [0.5, 0.6) is 17.4 Å². The minimum atomic E-state index is -0.343. The number of benzene rings is 1. The molecule has 2 atom stereocenters. The third-order valence-corrected chi connectivity index (χ3v) is 6.62. The Bertz CT molecular complexity index is 1250. The van der Waals surface area contributed by atoms with Crippen LogP contribution in [0.3, 0.4) is 0 Å². The van der Waals surface area contributed by atoms with Crippen LogP contribution >= 0.6 is 0 Å². The van der Waals surface area contributed by atoms with Gasteiger partial charge in [-0.25, -0.2) is 9.78 Å². The Hall–Kier alpha value is -3.79. The van der Waals surface area contributed by atoms with Gasteiger partial charge in [-0.2, -0.15) is 0 Å². The third kappa shape index (κ3) is 4.25. The van der Waals surface area contributed by atoms with Crippen LogP contribution in [0.4, 0.5) is 16.2 Å². The first kappa shape index (κ1) is 21.7. The Kier molecular flexibility index (Phi) is 5.65. The molecule has 3 aliphatic heterocycles. The summed E-state index contributed by atoms with van der Waals surface area (Å²) in [6.45, 7) is 3.86. The van der Waals surface area contributed by atoms with Crippen molar-refractivity contribution in [1.82, 2.24) is 15.3 Å². The first-order valence-corrected chi connectivity index (χ1v) is 11.8. The number of rotatable bonds is 6. The van der Waals surface area contributed by atoms with Gasteiger partial charge in [-0.05, 0) is 30.7 Å². The quantitative estimate of drug-likeness (QED) is 0.574. The van der Waals surface area contributed by atoms with Gasteiger partial charge in [-0.15, -0.1) is 0 Å². The normalized spacial score (nSPS) is 21.5. The van der Waals surface area contributed by atoms with Crippen molar-refractivity contribution >= 4 is 28.5 Å². The van der Waals surface area contributed by atoms with Crippen molar-refractivity contribution in [2.24, 2.45) is 0 Å². The lowest BCUT2D eigenvalue weighted by atomic mass is 10.2. The molecule has 1 aromatic carbocycles. The summed E-state index contributed by atoms with van der Waals surface area (Å²) in [4.78, 5) is 25.5. The first-order chi connectivity index (χ1) is 17.2. The van der Waals surface area contributed by atoms with Gasteiger partial charge in [0.05, 0.1) is 30.5 Å². The number of methoxy groups -OCH3 is 1. The summed E-state index contributed by atoms with van der Waals surface area (Å²) in [5, 5.41) is 3.59.